The van der Waals surface area contributed by atoms with Crippen molar-refractivity contribution in [2.45, 2.75) is 57.6 Å². The van der Waals surface area contributed by atoms with Crippen LogP contribution < -0.4 is 5.73 Å². The second kappa shape index (κ2) is 4.97. The predicted molar refractivity (Wildman–Crippen MR) is 66.5 cm³/mol. The molecule has 2 fully saturated rings. The number of nitrogens with two attached hydrogens (primary N) is 1. The fourth-order valence-corrected chi connectivity index (χ4v) is 3.03. The smallest absolute Gasteiger partial charge is 0.235 e. The van der Waals surface area contributed by atoms with Crippen LogP contribution in [0.2, 0.25) is 0 Å². The Balaban J connectivity index is 2.09. The third-order valence-electron chi connectivity index (χ3n) is 4.31. The molecule has 0 aromatic carbocycles. The number of amides is 2. The summed E-state index contributed by atoms with van der Waals surface area (Å²) in [7, 11) is 0. The van der Waals surface area contributed by atoms with E-state index in [4.69, 9.17) is 5.73 Å². The lowest BCUT2D eigenvalue weighted by molar-refractivity contribution is -0.142. The van der Waals surface area contributed by atoms with E-state index in [1.807, 2.05) is 0 Å². The van der Waals surface area contributed by atoms with Gasteiger partial charge in [0.1, 0.15) is 0 Å². The van der Waals surface area contributed by atoms with Crippen molar-refractivity contribution < 1.29 is 14.7 Å². The lowest BCUT2D eigenvalue weighted by Gasteiger charge is -2.31. The maximum absolute atomic E-state index is 12.4. The van der Waals surface area contributed by atoms with E-state index in [-0.39, 0.29) is 18.4 Å². The highest BCUT2D eigenvalue weighted by atomic mass is 16.3. The van der Waals surface area contributed by atoms with Crippen molar-refractivity contribution in [2.24, 2.45) is 11.1 Å². The standard InChI is InChI=1S/C13H22N2O3/c1-9(16)10(14)8-15-11(17)7-13(12(15)18)5-3-2-4-6-13/h9-10,16H,2-8,14H2,1H3. The minimum absolute atomic E-state index is 0.0664. The van der Waals surface area contributed by atoms with Gasteiger partial charge in [0.2, 0.25) is 11.8 Å². The highest BCUT2D eigenvalue weighted by molar-refractivity contribution is 6.06. The number of hydrogen-bond acceptors (Lipinski definition) is 4. The van der Waals surface area contributed by atoms with Gasteiger partial charge >= 0.3 is 0 Å². The average Bonchev–Trinajstić information content (AvgIpc) is 2.55. The molecule has 2 amide bonds. The summed E-state index contributed by atoms with van der Waals surface area (Å²) < 4.78 is 0. The molecule has 2 atom stereocenters. The summed E-state index contributed by atoms with van der Waals surface area (Å²) in [5.74, 6) is -0.193. The fraction of sp³-hybridized carbons (Fsp3) is 0.846. The highest BCUT2D eigenvalue weighted by Gasteiger charge is 2.51. The first-order valence-corrected chi connectivity index (χ1v) is 6.75. The number of aliphatic hydroxyl groups excluding tert-OH is 1. The lowest BCUT2D eigenvalue weighted by atomic mass is 9.73. The molecule has 0 aromatic heterocycles. The topological polar surface area (TPSA) is 83.6 Å². The van der Waals surface area contributed by atoms with Crippen molar-refractivity contribution in [3.63, 3.8) is 0 Å². The zero-order chi connectivity index (χ0) is 13.3. The second-order valence-corrected chi connectivity index (χ2v) is 5.73. The number of imide groups is 1. The first kappa shape index (κ1) is 13.5. The molecule has 0 aromatic rings. The van der Waals surface area contributed by atoms with E-state index >= 15 is 0 Å². The Labute approximate surface area is 107 Å². The van der Waals surface area contributed by atoms with Gasteiger partial charge in [-0.3, -0.25) is 14.5 Å². The Morgan fingerprint density at radius 1 is 1.33 bits per heavy atom. The van der Waals surface area contributed by atoms with Gasteiger partial charge in [0.25, 0.3) is 0 Å². The van der Waals surface area contributed by atoms with Gasteiger partial charge in [0.05, 0.1) is 11.5 Å². The van der Waals surface area contributed by atoms with Crippen LogP contribution in [-0.2, 0) is 9.59 Å². The van der Waals surface area contributed by atoms with E-state index in [9.17, 15) is 14.7 Å². The number of aliphatic hydroxyl groups is 1. The average molecular weight is 254 g/mol. The van der Waals surface area contributed by atoms with Gasteiger partial charge in [-0.05, 0) is 19.8 Å². The van der Waals surface area contributed by atoms with E-state index in [1.165, 1.54) is 4.90 Å². The highest BCUT2D eigenvalue weighted by Crippen LogP contribution is 2.45. The van der Waals surface area contributed by atoms with Crippen molar-refractivity contribution in [1.82, 2.24) is 4.90 Å². The zero-order valence-electron chi connectivity index (χ0n) is 10.9. The fourth-order valence-electron chi connectivity index (χ4n) is 3.03. The van der Waals surface area contributed by atoms with Crippen LogP contribution in [0.3, 0.4) is 0 Å². The van der Waals surface area contributed by atoms with Crippen molar-refractivity contribution in [3.05, 3.63) is 0 Å². The van der Waals surface area contributed by atoms with Crippen LogP contribution in [0, 0.1) is 5.41 Å². The molecular formula is C13H22N2O3. The van der Waals surface area contributed by atoms with Crippen LogP contribution in [0.5, 0.6) is 0 Å². The Morgan fingerprint density at radius 3 is 2.50 bits per heavy atom. The van der Waals surface area contributed by atoms with Crippen LogP contribution in [0.15, 0.2) is 0 Å². The van der Waals surface area contributed by atoms with E-state index in [2.05, 4.69) is 0 Å². The number of carbonyl (C=O) groups is 2. The Hall–Kier alpha value is -0.940. The molecular weight excluding hydrogens is 232 g/mol. The largest absolute Gasteiger partial charge is 0.392 e. The van der Waals surface area contributed by atoms with Crippen LogP contribution in [0.25, 0.3) is 0 Å². The number of nitrogens with zero attached hydrogens (tertiary/aromatic N) is 1. The number of hydrogen-bond donors (Lipinski definition) is 2. The Morgan fingerprint density at radius 2 is 1.94 bits per heavy atom. The third kappa shape index (κ3) is 2.29. The summed E-state index contributed by atoms with van der Waals surface area (Å²) in [5, 5.41) is 9.38. The summed E-state index contributed by atoms with van der Waals surface area (Å²) >= 11 is 0. The molecule has 1 aliphatic carbocycles. The van der Waals surface area contributed by atoms with Crippen LogP contribution >= 0.6 is 0 Å². The SMILES string of the molecule is CC(O)C(N)CN1C(=O)CC2(CCCCC2)C1=O. The van der Waals surface area contributed by atoms with Gasteiger partial charge in [-0.1, -0.05) is 19.3 Å². The van der Waals surface area contributed by atoms with Gasteiger partial charge < -0.3 is 10.8 Å². The molecule has 1 spiro atoms. The van der Waals surface area contributed by atoms with Crippen molar-refractivity contribution in [1.29, 1.82) is 0 Å². The predicted octanol–water partition coefficient (Wildman–Crippen LogP) is 0.404. The first-order chi connectivity index (χ1) is 8.46. The zero-order valence-corrected chi connectivity index (χ0v) is 10.9. The summed E-state index contributed by atoms with van der Waals surface area (Å²) in [6.45, 7) is 1.71. The monoisotopic (exact) mass is 254 g/mol. The number of carbonyl (C=O) groups excluding carboxylic acids is 2. The molecule has 1 saturated carbocycles. The Kier molecular flexibility index (Phi) is 3.73. The molecule has 102 valence electrons. The number of rotatable bonds is 3. The minimum atomic E-state index is -0.714. The molecule has 1 heterocycles. The summed E-state index contributed by atoms with van der Waals surface area (Å²) in [6, 6.07) is -0.559. The van der Waals surface area contributed by atoms with Gasteiger partial charge in [0.15, 0.2) is 0 Å². The third-order valence-corrected chi connectivity index (χ3v) is 4.31. The normalized spacial score (nSPS) is 26.7. The van der Waals surface area contributed by atoms with Gasteiger partial charge in [-0.15, -0.1) is 0 Å². The van der Waals surface area contributed by atoms with Crippen molar-refractivity contribution >= 4 is 11.8 Å². The molecule has 2 unspecified atom stereocenters. The molecule has 3 N–H and O–H groups in total. The second-order valence-electron chi connectivity index (χ2n) is 5.73. The molecule has 2 aliphatic rings. The lowest BCUT2D eigenvalue weighted by Crippen LogP contribution is -2.47. The molecule has 0 radical (unpaired) electrons. The quantitative estimate of drug-likeness (QED) is 0.714. The first-order valence-electron chi connectivity index (χ1n) is 6.75. The van der Waals surface area contributed by atoms with E-state index in [0.29, 0.717) is 6.42 Å². The van der Waals surface area contributed by atoms with Gasteiger partial charge in [-0.2, -0.15) is 0 Å². The molecule has 1 saturated heterocycles. The molecule has 5 nitrogen and oxygen atoms in total. The van der Waals surface area contributed by atoms with E-state index in [0.717, 1.165) is 32.1 Å². The van der Waals surface area contributed by atoms with E-state index in [1.54, 1.807) is 6.92 Å². The maximum Gasteiger partial charge on any atom is 0.235 e. The van der Waals surface area contributed by atoms with Crippen LogP contribution in [0.4, 0.5) is 0 Å². The number of likely N-dealkylation sites (tertiary alicyclic amines) is 1. The summed E-state index contributed by atoms with van der Waals surface area (Å²) in [4.78, 5) is 25.7. The Bertz CT molecular complexity index is 348. The van der Waals surface area contributed by atoms with Crippen molar-refractivity contribution in [2.75, 3.05) is 6.54 Å². The van der Waals surface area contributed by atoms with Crippen LogP contribution in [0.1, 0.15) is 45.4 Å². The molecule has 2 rings (SSSR count). The molecule has 1 aliphatic heterocycles. The van der Waals surface area contributed by atoms with E-state index < -0.39 is 17.6 Å². The molecule has 5 heteroatoms. The maximum atomic E-state index is 12.4. The summed E-state index contributed by atoms with van der Waals surface area (Å²) in [5.41, 5.74) is 5.29. The summed E-state index contributed by atoms with van der Waals surface area (Å²) in [6.07, 6.45) is 4.45. The minimum Gasteiger partial charge on any atom is -0.392 e. The van der Waals surface area contributed by atoms with Crippen LogP contribution in [-0.4, -0.2) is 40.5 Å². The van der Waals surface area contributed by atoms with Gasteiger partial charge in [0, 0.05) is 19.0 Å². The molecule has 0 bridgehead atoms. The van der Waals surface area contributed by atoms with Crippen molar-refractivity contribution in [3.8, 4) is 0 Å². The van der Waals surface area contributed by atoms with Gasteiger partial charge in [-0.25, -0.2) is 0 Å². The molecule has 18 heavy (non-hydrogen) atoms.